The Balaban J connectivity index is 2.20. The van der Waals surface area contributed by atoms with Gasteiger partial charge in [0.15, 0.2) is 0 Å². The first-order valence-corrected chi connectivity index (χ1v) is 7.58. The lowest BCUT2D eigenvalue weighted by molar-refractivity contribution is -0.384. The van der Waals surface area contributed by atoms with Gasteiger partial charge in [0.1, 0.15) is 5.75 Å². The summed E-state index contributed by atoms with van der Waals surface area (Å²) in [6.45, 7) is 1.06. The quantitative estimate of drug-likeness (QED) is 0.563. The lowest BCUT2D eigenvalue weighted by atomic mass is 10.1. The summed E-state index contributed by atoms with van der Waals surface area (Å²) in [5, 5.41) is 22.0. The summed E-state index contributed by atoms with van der Waals surface area (Å²) in [6, 6.07) is 13.7. The van der Waals surface area contributed by atoms with Crippen LogP contribution in [0.3, 0.4) is 0 Å². The first-order valence-electron chi connectivity index (χ1n) is 7.58. The number of hydrogen-bond acceptors (Lipinski definition) is 5. The van der Waals surface area contributed by atoms with E-state index in [1.807, 2.05) is 29.2 Å². The van der Waals surface area contributed by atoms with Gasteiger partial charge in [-0.15, -0.1) is 0 Å². The van der Waals surface area contributed by atoms with E-state index in [-0.39, 0.29) is 12.2 Å². The first-order chi connectivity index (χ1) is 12.0. The zero-order chi connectivity index (χ0) is 18.2. The summed E-state index contributed by atoms with van der Waals surface area (Å²) < 4.78 is 5.13. The van der Waals surface area contributed by atoms with Gasteiger partial charge in [0.2, 0.25) is 0 Å². The van der Waals surface area contributed by atoms with Crippen molar-refractivity contribution in [1.29, 1.82) is 0 Å². The minimum atomic E-state index is -1.11. The van der Waals surface area contributed by atoms with Crippen molar-refractivity contribution in [2.24, 2.45) is 0 Å². The molecule has 1 amide bonds. The molecule has 25 heavy (non-hydrogen) atoms. The smallest absolute Gasteiger partial charge is 0.404 e. The molecule has 0 unspecified atom stereocenters. The number of nitro groups is 1. The molecular formula is C17H19N3O5. The topological polar surface area (TPSA) is 105 Å². The van der Waals surface area contributed by atoms with Crippen molar-refractivity contribution in [2.75, 3.05) is 25.1 Å². The van der Waals surface area contributed by atoms with E-state index in [2.05, 4.69) is 5.32 Å². The van der Waals surface area contributed by atoms with Gasteiger partial charge >= 0.3 is 6.09 Å². The molecule has 2 rings (SSSR count). The average molecular weight is 345 g/mol. The Bertz CT molecular complexity index is 733. The van der Waals surface area contributed by atoms with E-state index < -0.39 is 11.0 Å². The maximum Gasteiger partial charge on any atom is 0.404 e. The molecule has 0 saturated carbocycles. The number of ether oxygens (including phenoxy) is 1. The third-order valence-electron chi connectivity index (χ3n) is 3.60. The van der Waals surface area contributed by atoms with Crippen LogP contribution in [0.25, 0.3) is 0 Å². The highest BCUT2D eigenvalue weighted by Gasteiger charge is 2.12. The highest BCUT2D eigenvalue weighted by Crippen LogP contribution is 2.23. The molecule has 2 aromatic carbocycles. The molecule has 8 heteroatoms. The molecule has 0 fully saturated rings. The van der Waals surface area contributed by atoms with E-state index in [0.29, 0.717) is 18.8 Å². The van der Waals surface area contributed by atoms with Gasteiger partial charge in [-0.1, -0.05) is 18.2 Å². The van der Waals surface area contributed by atoms with Crippen molar-refractivity contribution in [3.8, 4) is 5.75 Å². The SMILES string of the molecule is COc1ccc(CN(CCNC(=O)O)c2cccc([N+](=O)[O-])c2)cc1. The van der Waals surface area contributed by atoms with Crippen LogP contribution >= 0.6 is 0 Å². The summed E-state index contributed by atoms with van der Waals surface area (Å²) in [7, 11) is 1.59. The summed E-state index contributed by atoms with van der Waals surface area (Å²) in [5.74, 6) is 0.734. The predicted octanol–water partition coefficient (Wildman–Crippen LogP) is 2.88. The number of nitro benzene ring substituents is 1. The minimum Gasteiger partial charge on any atom is -0.497 e. The van der Waals surface area contributed by atoms with Crippen molar-refractivity contribution in [1.82, 2.24) is 5.32 Å². The van der Waals surface area contributed by atoms with Crippen LogP contribution in [0.4, 0.5) is 16.2 Å². The number of nitrogens with zero attached hydrogens (tertiary/aromatic N) is 2. The monoisotopic (exact) mass is 345 g/mol. The maximum atomic E-state index is 11.0. The molecule has 0 aliphatic heterocycles. The number of methoxy groups -OCH3 is 1. The molecule has 0 atom stereocenters. The van der Waals surface area contributed by atoms with E-state index in [1.54, 1.807) is 19.2 Å². The zero-order valence-electron chi connectivity index (χ0n) is 13.7. The lowest BCUT2D eigenvalue weighted by Gasteiger charge is -2.25. The third kappa shape index (κ3) is 5.38. The molecule has 2 aromatic rings. The van der Waals surface area contributed by atoms with Crippen molar-refractivity contribution >= 4 is 17.5 Å². The van der Waals surface area contributed by atoms with Crippen LogP contribution in [-0.2, 0) is 6.54 Å². The van der Waals surface area contributed by atoms with Crippen molar-refractivity contribution < 1.29 is 19.6 Å². The first kappa shape index (κ1) is 18.1. The van der Waals surface area contributed by atoms with E-state index in [0.717, 1.165) is 11.3 Å². The standard InChI is InChI=1S/C17H19N3O5/c1-25-16-7-5-13(6-8-16)12-19(10-9-18-17(21)22)14-3-2-4-15(11-14)20(23)24/h2-8,11,18H,9-10,12H2,1H3,(H,21,22). The summed E-state index contributed by atoms with van der Waals surface area (Å²) in [5.41, 5.74) is 1.61. The van der Waals surface area contributed by atoms with Crippen LogP contribution in [-0.4, -0.2) is 36.3 Å². The maximum absolute atomic E-state index is 11.0. The van der Waals surface area contributed by atoms with Gasteiger partial charge in [-0.05, 0) is 23.8 Å². The fraction of sp³-hybridized carbons (Fsp3) is 0.235. The molecule has 0 aliphatic carbocycles. The normalized spacial score (nSPS) is 10.1. The molecule has 2 N–H and O–H groups in total. The lowest BCUT2D eigenvalue weighted by Crippen LogP contribution is -2.34. The Morgan fingerprint density at radius 3 is 2.60 bits per heavy atom. The Morgan fingerprint density at radius 2 is 2.00 bits per heavy atom. The fourth-order valence-electron chi connectivity index (χ4n) is 2.35. The number of carboxylic acid groups (broad SMARTS) is 1. The molecule has 8 nitrogen and oxygen atoms in total. The Kier molecular flexibility index (Phi) is 6.16. The van der Waals surface area contributed by atoms with E-state index in [4.69, 9.17) is 9.84 Å². The molecule has 132 valence electrons. The van der Waals surface area contributed by atoms with Crippen molar-refractivity contribution in [2.45, 2.75) is 6.54 Å². The van der Waals surface area contributed by atoms with Gasteiger partial charge in [0.05, 0.1) is 12.0 Å². The van der Waals surface area contributed by atoms with Crippen LogP contribution < -0.4 is 15.0 Å². The van der Waals surface area contributed by atoms with Gasteiger partial charge in [0, 0.05) is 37.5 Å². The molecular weight excluding hydrogens is 326 g/mol. The minimum absolute atomic E-state index is 0.0107. The predicted molar refractivity (Wildman–Crippen MR) is 93.2 cm³/mol. The number of rotatable bonds is 8. The van der Waals surface area contributed by atoms with E-state index >= 15 is 0 Å². The summed E-state index contributed by atoms with van der Waals surface area (Å²) in [4.78, 5) is 23.1. The molecule has 0 aliphatic rings. The highest BCUT2D eigenvalue weighted by atomic mass is 16.6. The van der Waals surface area contributed by atoms with Gasteiger partial charge in [-0.25, -0.2) is 4.79 Å². The second-order valence-electron chi connectivity index (χ2n) is 5.28. The number of benzene rings is 2. The Labute approximate surface area is 144 Å². The van der Waals surface area contributed by atoms with Gasteiger partial charge in [-0.3, -0.25) is 10.1 Å². The Morgan fingerprint density at radius 1 is 1.28 bits per heavy atom. The average Bonchev–Trinajstić information content (AvgIpc) is 2.61. The van der Waals surface area contributed by atoms with E-state index in [1.165, 1.54) is 12.1 Å². The van der Waals surface area contributed by atoms with Crippen LogP contribution in [0.15, 0.2) is 48.5 Å². The number of anilines is 1. The summed E-state index contributed by atoms with van der Waals surface area (Å²) in [6.07, 6.45) is -1.11. The van der Waals surface area contributed by atoms with Gasteiger partial charge < -0.3 is 20.1 Å². The third-order valence-corrected chi connectivity index (χ3v) is 3.60. The number of carbonyl (C=O) groups is 1. The van der Waals surface area contributed by atoms with Gasteiger partial charge in [0.25, 0.3) is 5.69 Å². The van der Waals surface area contributed by atoms with Gasteiger partial charge in [-0.2, -0.15) is 0 Å². The molecule has 0 spiro atoms. The number of nitrogens with one attached hydrogen (secondary N) is 1. The van der Waals surface area contributed by atoms with Crippen LogP contribution in [0.5, 0.6) is 5.75 Å². The second-order valence-corrected chi connectivity index (χ2v) is 5.28. The van der Waals surface area contributed by atoms with Crippen LogP contribution in [0.2, 0.25) is 0 Å². The summed E-state index contributed by atoms with van der Waals surface area (Å²) >= 11 is 0. The molecule has 0 bridgehead atoms. The molecule has 0 heterocycles. The molecule has 0 radical (unpaired) electrons. The molecule has 0 aromatic heterocycles. The molecule has 0 saturated heterocycles. The van der Waals surface area contributed by atoms with E-state index in [9.17, 15) is 14.9 Å². The fourth-order valence-corrected chi connectivity index (χ4v) is 2.35. The number of non-ortho nitro benzene ring substituents is 1. The van der Waals surface area contributed by atoms with Crippen LogP contribution in [0.1, 0.15) is 5.56 Å². The largest absolute Gasteiger partial charge is 0.497 e. The number of amides is 1. The second kappa shape index (κ2) is 8.53. The highest BCUT2D eigenvalue weighted by molar-refractivity contribution is 5.64. The zero-order valence-corrected chi connectivity index (χ0v) is 13.7. The van der Waals surface area contributed by atoms with Crippen LogP contribution in [0, 0.1) is 10.1 Å². The Hall–Kier alpha value is -3.29. The van der Waals surface area contributed by atoms with Crippen molar-refractivity contribution in [3.63, 3.8) is 0 Å². The van der Waals surface area contributed by atoms with Crippen molar-refractivity contribution in [3.05, 3.63) is 64.2 Å². The number of hydrogen-bond donors (Lipinski definition) is 2.